The van der Waals surface area contributed by atoms with Gasteiger partial charge in [0.2, 0.25) is 0 Å². The average molecular weight is 442 g/mol. The van der Waals surface area contributed by atoms with Crippen LogP contribution in [0.4, 0.5) is 0 Å². The van der Waals surface area contributed by atoms with E-state index in [1.54, 1.807) is 6.20 Å². The van der Waals surface area contributed by atoms with Crippen molar-refractivity contribution in [2.24, 2.45) is 17.6 Å². The number of nitrogens with zero attached hydrogens (tertiary/aromatic N) is 2. The highest BCUT2D eigenvalue weighted by Crippen LogP contribution is 2.53. The van der Waals surface area contributed by atoms with Crippen LogP contribution in [0.15, 0.2) is 48.7 Å². The maximum atomic E-state index is 11.7. The molecule has 1 saturated heterocycles. The fourth-order valence-electron chi connectivity index (χ4n) is 6.48. The quantitative estimate of drug-likeness (QED) is 0.757. The molecule has 31 heavy (non-hydrogen) atoms. The predicted octanol–water partition coefficient (Wildman–Crippen LogP) is 4.12. The molecule has 1 aromatic heterocycles. The number of nitrogens with two attached hydrogens (primary N) is 1. The van der Waals surface area contributed by atoms with Gasteiger partial charge < -0.3 is 10.5 Å². The second-order valence-corrected chi connectivity index (χ2v) is 9.23. The number of benzene rings is 1. The average Bonchev–Trinajstić information content (AvgIpc) is 2.73. The number of pyridine rings is 1. The van der Waals surface area contributed by atoms with Crippen molar-refractivity contribution < 1.29 is 9.53 Å². The van der Waals surface area contributed by atoms with Gasteiger partial charge in [-0.1, -0.05) is 36.8 Å². The van der Waals surface area contributed by atoms with Gasteiger partial charge in [0.25, 0.3) is 5.91 Å². The third-order valence-electron chi connectivity index (χ3n) is 7.96. The summed E-state index contributed by atoms with van der Waals surface area (Å²) >= 11 is 0. The molecule has 5 atom stereocenters. The molecule has 2 aromatic rings. The molecule has 2 saturated carbocycles. The van der Waals surface area contributed by atoms with Crippen LogP contribution in [0.5, 0.6) is 0 Å². The van der Waals surface area contributed by atoms with Crippen LogP contribution in [-0.4, -0.2) is 42.0 Å². The second-order valence-electron chi connectivity index (χ2n) is 9.23. The molecule has 2 N–H and O–H groups in total. The summed E-state index contributed by atoms with van der Waals surface area (Å²) in [7, 11) is 1.83. The van der Waals surface area contributed by atoms with Crippen molar-refractivity contribution in [3.63, 3.8) is 0 Å². The molecule has 2 heterocycles. The van der Waals surface area contributed by atoms with Crippen LogP contribution < -0.4 is 5.73 Å². The lowest BCUT2D eigenvalue weighted by atomic mass is 9.61. The molecule has 6 heteroatoms. The number of aromatic nitrogens is 1. The van der Waals surface area contributed by atoms with E-state index in [-0.39, 0.29) is 18.0 Å². The molecule has 1 aromatic carbocycles. The minimum atomic E-state index is -0.481. The standard InChI is InChI=1S/C25H31N3O2.ClH/c1-30-25(18-12-13-27-22(14-18)24(26)29)19-8-5-9-20(25)16-28(15-19)23-11-10-21(23)17-6-3-2-4-7-17;/h2-4,6-7,12-14,19-21,23H,5,8-11,15-16H2,1H3,(H2,26,29);1H/t19-,20+,21-,23-,25+;/m1./s1. The summed E-state index contributed by atoms with van der Waals surface area (Å²) in [6.07, 6.45) is 7.81. The predicted molar refractivity (Wildman–Crippen MR) is 123 cm³/mol. The van der Waals surface area contributed by atoms with Crippen LogP contribution >= 0.6 is 12.4 Å². The van der Waals surface area contributed by atoms with Crippen molar-refractivity contribution in [1.82, 2.24) is 9.88 Å². The Morgan fingerprint density at radius 3 is 2.39 bits per heavy atom. The molecule has 3 fully saturated rings. The Bertz CT molecular complexity index is 908. The summed E-state index contributed by atoms with van der Waals surface area (Å²) in [5.74, 6) is 0.987. The molecule has 1 aliphatic heterocycles. The van der Waals surface area contributed by atoms with Crippen molar-refractivity contribution in [2.45, 2.75) is 49.7 Å². The van der Waals surface area contributed by atoms with Crippen molar-refractivity contribution in [3.8, 4) is 0 Å². The third-order valence-corrected chi connectivity index (χ3v) is 7.96. The molecule has 3 aliphatic rings. The SMILES string of the molecule is CO[C@@]1(c2ccnc(C(N)=O)c2)[C@@H]2CCC[C@H]1CN([C@@H]1CC[C@@H]1c1ccccc1)C2.Cl. The largest absolute Gasteiger partial charge is 0.373 e. The van der Waals surface area contributed by atoms with E-state index in [0.29, 0.717) is 29.5 Å². The molecular formula is C25H32ClN3O2. The fraction of sp³-hybridized carbons (Fsp3) is 0.520. The number of rotatable bonds is 5. The number of fused-ring (bicyclic) bond motifs is 2. The van der Waals surface area contributed by atoms with Gasteiger partial charge in [-0.25, -0.2) is 0 Å². The third kappa shape index (κ3) is 3.67. The van der Waals surface area contributed by atoms with Gasteiger partial charge in [-0.2, -0.15) is 0 Å². The molecule has 0 unspecified atom stereocenters. The van der Waals surface area contributed by atoms with E-state index < -0.39 is 5.91 Å². The fourth-order valence-corrected chi connectivity index (χ4v) is 6.48. The van der Waals surface area contributed by atoms with Crippen LogP contribution in [0.2, 0.25) is 0 Å². The van der Waals surface area contributed by atoms with E-state index in [2.05, 4.69) is 40.2 Å². The number of carbonyl (C=O) groups excluding carboxylic acids is 1. The Labute approximate surface area is 190 Å². The normalized spacial score (nSPS) is 32.5. The van der Waals surface area contributed by atoms with Gasteiger partial charge in [-0.05, 0) is 54.9 Å². The Hall–Kier alpha value is -1.95. The molecule has 0 radical (unpaired) electrons. The molecular weight excluding hydrogens is 410 g/mol. The van der Waals surface area contributed by atoms with Crippen molar-refractivity contribution >= 4 is 18.3 Å². The smallest absolute Gasteiger partial charge is 0.267 e. The van der Waals surface area contributed by atoms with Crippen molar-refractivity contribution in [1.29, 1.82) is 0 Å². The van der Waals surface area contributed by atoms with Crippen LogP contribution in [0.25, 0.3) is 0 Å². The lowest BCUT2D eigenvalue weighted by molar-refractivity contribution is -0.179. The number of amides is 1. The summed E-state index contributed by atoms with van der Waals surface area (Å²) in [4.78, 5) is 18.6. The highest BCUT2D eigenvalue weighted by molar-refractivity contribution is 5.90. The van der Waals surface area contributed by atoms with Crippen LogP contribution in [-0.2, 0) is 10.3 Å². The first-order chi connectivity index (χ1) is 14.6. The highest BCUT2D eigenvalue weighted by atomic mass is 35.5. The first-order valence-electron chi connectivity index (χ1n) is 11.2. The second kappa shape index (κ2) is 8.89. The summed E-state index contributed by atoms with van der Waals surface area (Å²) in [5.41, 5.74) is 8.03. The minimum absolute atomic E-state index is 0. The number of methoxy groups -OCH3 is 1. The van der Waals surface area contributed by atoms with E-state index in [1.165, 1.54) is 24.8 Å². The van der Waals surface area contributed by atoms with Crippen molar-refractivity contribution in [3.05, 3.63) is 65.5 Å². The number of carbonyl (C=O) groups is 1. The highest BCUT2D eigenvalue weighted by Gasteiger charge is 2.55. The zero-order valence-corrected chi connectivity index (χ0v) is 18.9. The number of hydrogen-bond acceptors (Lipinski definition) is 4. The van der Waals surface area contributed by atoms with Gasteiger partial charge >= 0.3 is 0 Å². The Balaban J connectivity index is 0.00000231. The zero-order chi connectivity index (χ0) is 20.7. The maximum Gasteiger partial charge on any atom is 0.267 e. The Morgan fingerprint density at radius 1 is 1.10 bits per heavy atom. The lowest BCUT2D eigenvalue weighted by Crippen LogP contribution is -2.62. The van der Waals surface area contributed by atoms with Crippen LogP contribution in [0.1, 0.15) is 59.6 Å². The maximum absolute atomic E-state index is 11.7. The molecule has 5 nitrogen and oxygen atoms in total. The first-order valence-corrected chi connectivity index (χ1v) is 11.2. The molecule has 2 aliphatic carbocycles. The molecule has 5 rings (SSSR count). The van der Waals surface area contributed by atoms with Gasteiger partial charge in [-0.3, -0.25) is 14.7 Å². The molecule has 1 amide bonds. The van der Waals surface area contributed by atoms with Crippen molar-refractivity contribution in [2.75, 3.05) is 20.2 Å². The van der Waals surface area contributed by atoms with Crippen LogP contribution in [0, 0.1) is 11.8 Å². The summed E-state index contributed by atoms with van der Waals surface area (Å²) < 4.78 is 6.35. The zero-order valence-electron chi connectivity index (χ0n) is 18.1. The molecule has 166 valence electrons. The number of ether oxygens (including phenoxy) is 1. The topological polar surface area (TPSA) is 68.5 Å². The van der Waals surface area contributed by atoms with E-state index in [0.717, 1.165) is 31.5 Å². The molecule has 2 bridgehead atoms. The lowest BCUT2D eigenvalue weighted by Gasteiger charge is -2.58. The van der Waals surface area contributed by atoms with Gasteiger partial charge in [0.1, 0.15) is 11.3 Å². The number of likely N-dealkylation sites (tertiary alicyclic amines) is 1. The monoisotopic (exact) mass is 441 g/mol. The van der Waals surface area contributed by atoms with Gasteiger partial charge in [0.05, 0.1) is 0 Å². The number of primary amides is 1. The first kappa shape index (κ1) is 22.3. The summed E-state index contributed by atoms with van der Waals surface area (Å²) in [6.45, 7) is 2.10. The molecule has 0 spiro atoms. The minimum Gasteiger partial charge on any atom is -0.373 e. The van der Waals surface area contributed by atoms with Gasteiger partial charge in [-0.15, -0.1) is 12.4 Å². The number of hydrogen-bond donors (Lipinski definition) is 1. The van der Waals surface area contributed by atoms with E-state index >= 15 is 0 Å². The van der Waals surface area contributed by atoms with E-state index in [1.807, 2.05) is 19.2 Å². The van der Waals surface area contributed by atoms with Gasteiger partial charge in [0, 0.05) is 44.3 Å². The summed E-state index contributed by atoms with van der Waals surface area (Å²) in [5, 5.41) is 0. The van der Waals surface area contributed by atoms with Gasteiger partial charge in [0.15, 0.2) is 0 Å². The number of halogens is 1. The Kier molecular flexibility index (Phi) is 6.38. The Morgan fingerprint density at radius 2 is 1.81 bits per heavy atom. The van der Waals surface area contributed by atoms with E-state index in [4.69, 9.17) is 10.5 Å². The summed E-state index contributed by atoms with van der Waals surface area (Å²) in [6, 6.07) is 15.5. The van der Waals surface area contributed by atoms with E-state index in [9.17, 15) is 4.79 Å². The van der Waals surface area contributed by atoms with Crippen LogP contribution in [0.3, 0.4) is 0 Å². The number of piperidine rings is 1.